The maximum atomic E-state index is 12.6. The first kappa shape index (κ1) is 23.4. The SMILES string of the molecule is CC(C)OC(=O)CCNC(=O)NC1CCN(c2ccc(C(N)=NOC(N)=O)cc2)C1=O. The summed E-state index contributed by atoms with van der Waals surface area (Å²) in [7, 11) is 0. The van der Waals surface area contributed by atoms with Crippen molar-refractivity contribution < 1.29 is 28.8 Å². The van der Waals surface area contributed by atoms with E-state index in [-0.39, 0.29) is 30.8 Å². The van der Waals surface area contributed by atoms with Gasteiger partial charge >= 0.3 is 18.1 Å². The normalized spacial score (nSPS) is 16.2. The van der Waals surface area contributed by atoms with E-state index < -0.39 is 24.1 Å². The Morgan fingerprint density at radius 2 is 1.90 bits per heavy atom. The van der Waals surface area contributed by atoms with Gasteiger partial charge in [-0.05, 0) is 44.5 Å². The molecule has 1 heterocycles. The molecule has 31 heavy (non-hydrogen) atoms. The monoisotopic (exact) mass is 434 g/mol. The lowest BCUT2D eigenvalue weighted by Gasteiger charge is -2.18. The van der Waals surface area contributed by atoms with E-state index in [1.54, 1.807) is 38.1 Å². The molecule has 0 aromatic heterocycles. The van der Waals surface area contributed by atoms with E-state index >= 15 is 0 Å². The molecule has 12 nitrogen and oxygen atoms in total. The number of nitrogens with two attached hydrogens (primary N) is 2. The molecule has 0 radical (unpaired) electrons. The fourth-order valence-electron chi connectivity index (χ4n) is 2.84. The van der Waals surface area contributed by atoms with E-state index in [2.05, 4.69) is 20.6 Å². The van der Waals surface area contributed by atoms with Crippen LogP contribution in [-0.4, -0.2) is 55.1 Å². The number of oxime groups is 1. The maximum absolute atomic E-state index is 12.6. The van der Waals surface area contributed by atoms with Crippen molar-refractivity contribution in [2.45, 2.75) is 38.8 Å². The third kappa shape index (κ3) is 7.17. The second-order valence-corrected chi connectivity index (χ2v) is 6.95. The highest BCUT2D eigenvalue weighted by molar-refractivity contribution is 6.02. The first-order valence-electron chi connectivity index (χ1n) is 9.63. The highest BCUT2D eigenvalue weighted by Gasteiger charge is 2.33. The molecule has 0 aliphatic carbocycles. The molecule has 1 aliphatic rings. The minimum atomic E-state index is -1.08. The summed E-state index contributed by atoms with van der Waals surface area (Å²) in [6, 6.07) is 5.31. The van der Waals surface area contributed by atoms with Crippen molar-refractivity contribution >= 4 is 35.5 Å². The zero-order valence-corrected chi connectivity index (χ0v) is 17.3. The van der Waals surface area contributed by atoms with Gasteiger partial charge in [-0.15, -0.1) is 0 Å². The number of benzene rings is 1. The zero-order chi connectivity index (χ0) is 23.0. The fourth-order valence-corrected chi connectivity index (χ4v) is 2.84. The second kappa shape index (κ2) is 10.8. The average molecular weight is 434 g/mol. The summed E-state index contributed by atoms with van der Waals surface area (Å²) in [5.74, 6) is -0.721. The highest BCUT2D eigenvalue weighted by Crippen LogP contribution is 2.22. The Kier molecular flexibility index (Phi) is 8.17. The molecule has 1 unspecified atom stereocenters. The van der Waals surface area contributed by atoms with Crippen LogP contribution < -0.4 is 27.0 Å². The van der Waals surface area contributed by atoms with Crippen LogP contribution >= 0.6 is 0 Å². The Morgan fingerprint density at radius 3 is 2.52 bits per heavy atom. The first-order chi connectivity index (χ1) is 14.7. The van der Waals surface area contributed by atoms with Gasteiger partial charge in [-0.3, -0.25) is 14.4 Å². The lowest BCUT2D eigenvalue weighted by molar-refractivity contribution is -0.147. The lowest BCUT2D eigenvalue weighted by Crippen LogP contribution is -2.46. The number of nitrogens with one attached hydrogen (secondary N) is 2. The molecule has 1 aromatic rings. The molecule has 4 amide bonds. The number of rotatable bonds is 8. The number of hydrogen-bond acceptors (Lipinski definition) is 7. The molecule has 168 valence electrons. The molecule has 1 aromatic carbocycles. The van der Waals surface area contributed by atoms with Crippen molar-refractivity contribution in [3.63, 3.8) is 0 Å². The van der Waals surface area contributed by atoms with Crippen LogP contribution in [0.2, 0.25) is 0 Å². The van der Waals surface area contributed by atoms with Crippen LogP contribution in [0.15, 0.2) is 29.4 Å². The number of carbonyl (C=O) groups is 4. The molecule has 1 atom stereocenters. The van der Waals surface area contributed by atoms with Crippen LogP contribution in [0.4, 0.5) is 15.3 Å². The van der Waals surface area contributed by atoms with Crippen molar-refractivity contribution in [2.75, 3.05) is 18.0 Å². The van der Waals surface area contributed by atoms with Crippen LogP contribution in [0.1, 0.15) is 32.3 Å². The number of primary amides is 1. The maximum Gasteiger partial charge on any atom is 0.430 e. The standard InChI is InChI=1S/C19H26N6O6/c1-11(2)30-15(26)7-9-22-19(29)23-14-8-10-25(17(14)27)13-5-3-12(4-6-13)16(20)24-31-18(21)28/h3-6,11,14H,7-10H2,1-2H3,(H2,20,24)(H2,21,28)(H2,22,23,29). The summed E-state index contributed by atoms with van der Waals surface area (Å²) in [5.41, 5.74) is 11.6. The number of esters is 1. The van der Waals surface area contributed by atoms with Gasteiger partial charge in [0, 0.05) is 24.3 Å². The zero-order valence-electron chi connectivity index (χ0n) is 17.3. The average Bonchev–Trinajstić information content (AvgIpc) is 3.05. The first-order valence-corrected chi connectivity index (χ1v) is 9.63. The van der Waals surface area contributed by atoms with Gasteiger partial charge in [-0.1, -0.05) is 5.16 Å². The van der Waals surface area contributed by atoms with E-state index in [4.69, 9.17) is 16.2 Å². The molecule has 1 fully saturated rings. The summed E-state index contributed by atoms with van der Waals surface area (Å²) in [6.45, 7) is 4.00. The van der Waals surface area contributed by atoms with Crippen molar-refractivity contribution in [1.29, 1.82) is 0 Å². The van der Waals surface area contributed by atoms with E-state index in [0.29, 0.717) is 24.2 Å². The molecule has 2 rings (SSSR count). The molecular weight excluding hydrogens is 408 g/mol. The number of amidine groups is 1. The van der Waals surface area contributed by atoms with Crippen molar-refractivity contribution in [3.05, 3.63) is 29.8 Å². The lowest BCUT2D eigenvalue weighted by atomic mass is 10.2. The quantitative estimate of drug-likeness (QED) is 0.148. The smallest absolute Gasteiger partial charge is 0.430 e. The minimum absolute atomic E-state index is 0.0413. The number of carbonyl (C=O) groups excluding carboxylic acids is 4. The summed E-state index contributed by atoms with van der Waals surface area (Å²) in [5, 5.41) is 8.53. The number of nitrogens with zero attached hydrogens (tertiary/aromatic N) is 2. The van der Waals surface area contributed by atoms with Crippen molar-refractivity contribution in [2.24, 2.45) is 16.6 Å². The highest BCUT2D eigenvalue weighted by atomic mass is 16.7. The van der Waals surface area contributed by atoms with Gasteiger partial charge in [0.25, 0.3) is 0 Å². The third-order valence-electron chi connectivity index (χ3n) is 4.20. The number of amides is 4. The summed E-state index contributed by atoms with van der Waals surface area (Å²) >= 11 is 0. The minimum Gasteiger partial charge on any atom is -0.463 e. The van der Waals surface area contributed by atoms with E-state index in [0.717, 1.165) is 0 Å². The molecule has 12 heteroatoms. The molecule has 0 spiro atoms. The van der Waals surface area contributed by atoms with Crippen LogP contribution in [0.5, 0.6) is 0 Å². The van der Waals surface area contributed by atoms with Gasteiger partial charge in [-0.2, -0.15) is 0 Å². The Morgan fingerprint density at radius 1 is 1.23 bits per heavy atom. The number of anilines is 1. The Labute approximate surface area is 178 Å². The topological polar surface area (TPSA) is 178 Å². The van der Waals surface area contributed by atoms with Gasteiger partial charge < -0.3 is 31.7 Å². The Balaban J connectivity index is 1.85. The predicted octanol–water partition coefficient (Wildman–Crippen LogP) is 0.148. The molecule has 1 saturated heterocycles. The summed E-state index contributed by atoms with van der Waals surface area (Å²) in [4.78, 5) is 52.5. The Bertz CT molecular complexity index is 854. The van der Waals surface area contributed by atoms with Gasteiger partial charge in [0.1, 0.15) is 6.04 Å². The van der Waals surface area contributed by atoms with Crippen LogP contribution in [0.25, 0.3) is 0 Å². The molecule has 6 N–H and O–H groups in total. The molecule has 1 aliphatic heterocycles. The van der Waals surface area contributed by atoms with Gasteiger partial charge in [-0.25, -0.2) is 9.59 Å². The molecular formula is C19H26N6O6. The van der Waals surface area contributed by atoms with E-state index in [1.807, 2.05) is 0 Å². The van der Waals surface area contributed by atoms with Gasteiger partial charge in [0.05, 0.1) is 12.5 Å². The van der Waals surface area contributed by atoms with Crippen molar-refractivity contribution in [1.82, 2.24) is 10.6 Å². The Hall–Kier alpha value is -3.83. The van der Waals surface area contributed by atoms with Crippen LogP contribution in [-0.2, 0) is 19.2 Å². The molecule has 0 bridgehead atoms. The van der Waals surface area contributed by atoms with Crippen LogP contribution in [0.3, 0.4) is 0 Å². The number of ether oxygens (including phenoxy) is 1. The molecule has 0 saturated carbocycles. The third-order valence-corrected chi connectivity index (χ3v) is 4.20. The van der Waals surface area contributed by atoms with Crippen LogP contribution in [0, 0.1) is 0 Å². The van der Waals surface area contributed by atoms with Gasteiger partial charge in [0.15, 0.2) is 5.84 Å². The van der Waals surface area contributed by atoms with E-state index in [1.165, 1.54) is 4.90 Å². The summed E-state index contributed by atoms with van der Waals surface area (Å²) < 4.78 is 4.98. The number of urea groups is 1. The van der Waals surface area contributed by atoms with Crippen molar-refractivity contribution in [3.8, 4) is 0 Å². The summed E-state index contributed by atoms with van der Waals surface area (Å²) in [6.07, 6.45) is -0.830. The predicted molar refractivity (Wildman–Crippen MR) is 111 cm³/mol. The van der Waals surface area contributed by atoms with E-state index in [9.17, 15) is 19.2 Å². The number of hydrogen-bond donors (Lipinski definition) is 4. The fraction of sp³-hybridized carbons (Fsp3) is 0.421. The second-order valence-electron chi connectivity index (χ2n) is 6.95. The van der Waals surface area contributed by atoms with Gasteiger partial charge in [0.2, 0.25) is 5.91 Å². The largest absolute Gasteiger partial charge is 0.463 e.